The predicted molar refractivity (Wildman–Crippen MR) is 123 cm³/mol. The second-order valence-electron chi connectivity index (χ2n) is 6.13. The molecule has 0 bridgehead atoms. The highest BCUT2D eigenvalue weighted by molar-refractivity contribution is 6.10. The van der Waals surface area contributed by atoms with E-state index in [-0.39, 0.29) is 23.3 Å². The number of amidine groups is 1. The molecule has 170 valence electrons. The Balaban J connectivity index is 0.00000249. The lowest BCUT2D eigenvalue weighted by molar-refractivity contribution is -0.111. The SMILES string of the molecule is C=C.CO/C(=C(/CO)C(=O)/C=C/c1cccc(C(=N)N=NN)c1)c1ccoc1C(C)OC. The molecule has 2 rings (SSSR count). The summed E-state index contributed by atoms with van der Waals surface area (Å²) in [6, 6.07) is 8.46. The van der Waals surface area contributed by atoms with Crippen LogP contribution in [0, 0.1) is 5.41 Å². The second-order valence-corrected chi connectivity index (χ2v) is 6.13. The normalized spacial score (nSPS) is 12.8. The molecule has 1 aromatic carbocycles. The van der Waals surface area contributed by atoms with E-state index >= 15 is 0 Å². The fraction of sp³-hybridized carbons (Fsp3) is 0.217. The van der Waals surface area contributed by atoms with E-state index in [9.17, 15) is 9.90 Å². The van der Waals surface area contributed by atoms with Gasteiger partial charge in [0.25, 0.3) is 0 Å². The molecule has 0 amide bonds. The van der Waals surface area contributed by atoms with E-state index in [1.165, 1.54) is 26.6 Å². The minimum absolute atomic E-state index is 0.0699. The number of nitrogens with one attached hydrogen (secondary N) is 1. The number of furan rings is 1. The highest BCUT2D eigenvalue weighted by Crippen LogP contribution is 2.30. The molecule has 0 spiro atoms. The lowest BCUT2D eigenvalue weighted by atomic mass is 10.0. The summed E-state index contributed by atoms with van der Waals surface area (Å²) in [6.07, 6.45) is 3.98. The zero-order chi connectivity index (χ0) is 24.1. The molecule has 1 unspecified atom stereocenters. The number of rotatable bonds is 9. The summed E-state index contributed by atoms with van der Waals surface area (Å²) in [4.78, 5) is 12.8. The molecule has 1 heterocycles. The average Bonchev–Trinajstić information content (AvgIpc) is 3.31. The first-order chi connectivity index (χ1) is 15.5. The van der Waals surface area contributed by atoms with Crippen molar-refractivity contribution in [2.24, 2.45) is 16.2 Å². The van der Waals surface area contributed by atoms with Crippen molar-refractivity contribution >= 4 is 23.5 Å². The third-order valence-corrected chi connectivity index (χ3v) is 4.34. The molecule has 0 radical (unpaired) electrons. The number of carbonyl (C=O) groups is 1. The van der Waals surface area contributed by atoms with Crippen molar-refractivity contribution in [2.75, 3.05) is 20.8 Å². The first-order valence-electron chi connectivity index (χ1n) is 9.47. The van der Waals surface area contributed by atoms with Crippen LogP contribution in [0.1, 0.15) is 35.5 Å². The van der Waals surface area contributed by atoms with Gasteiger partial charge in [0.2, 0.25) is 0 Å². The van der Waals surface area contributed by atoms with Gasteiger partial charge in [-0.05, 0) is 30.7 Å². The van der Waals surface area contributed by atoms with E-state index in [1.54, 1.807) is 43.3 Å². The Bertz CT molecular complexity index is 1010. The van der Waals surface area contributed by atoms with E-state index in [0.29, 0.717) is 22.5 Å². The van der Waals surface area contributed by atoms with Crippen LogP contribution < -0.4 is 5.84 Å². The van der Waals surface area contributed by atoms with Crippen molar-refractivity contribution in [1.82, 2.24) is 0 Å². The third-order valence-electron chi connectivity index (χ3n) is 4.34. The molecule has 0 aliphatic rings. The monoisotopic (exact) mass is 440 g/mol. The van der Waals surface area contributed by atoms with E-state index in [0.717, 1.165) is 0 Å². The van der Waals surface area contributed by atoms with Crippen molar-refractivity contribution in [3.05, 3.63) is 83.9 Å². The van der Waals surface area contributed by atoms with Crippen molar-refractivity contribution in [3.8, 4) is 0 Å². The average molecular weight is 441 g/mol. The van der Waals surface area contributed by atoms with E-state index in [4.69, 9.17) is 25.1 Å². The van der Waals surface area contributed by atoms with Crippen LogP contribution >= 0.6 is 0 Å². The molecule has 0 saturated carbocycles. The molecule has 0 aliphatic heterocycles. The van der Waals surface area contributed by atoms with Gasteiger partial charge in [-0.15, -0.1) is 18.3 Å². The smallest absolute Gasteiger partial charge is 0.187 e. The first-order valence-corrected chi connectivity index (χ1v) is 9.47. The minimum Gasteiger partial charge on any atom is -0.495 e. The van der Waals surface area contributed by atoms with Crippen molar-refractivity contribution < 1.29 is 23.8 Å². The van der Waals surface area contributed by atoms with Crippen molar-refractivity contribution in [3.63, 3.8) is 0 Å². The van der Waals surface area contributed by atoms with Crippen LogP contribution in [0.25, 0.3) is 11.8 Å². The molecule has 9 nitrogen and oxygen atoms in total. The Morgan fingerprint density at radius 1 is 1.34 bits per heavy atom. The van der Waals surface area contributed by atoms with Gasteiger partial charge in [0.15, 0.2) is 11.6 Å². The molecule has 0 saturated heterocycles. The van der Waals surface area contributed by atoms with Crippen LogP contribution in [0.3, 0.4) is 0 Å². The number of carbonyl (C=O) groups excluding carboxylic acids is 1. The first kappa shape index (κ1) is 26.2. The fourth-order valence-corrected chi connectivity index (χ4v) is 2.77. The molecule has 0 fully saturated rings. The van der Waals surface area contributed by atoms with Crippen LogP contribution in [0.2, 0.25) is 0 Å². The van der Waals surface area contributed by atoms with Gasteiger partial charge in [-0.3, -0.25) is 10.2 Å². The standard InChI is InChI=1S/C21H24N4O5.C2H4/c1-13(28-2)19-16(9-10-30-19)20(29-3)17(12-26)18(27)8-7-14-5-4-6-15(11-14)21(22)24-25-23;1-2/h4-11,13,26H,12H2,1-3H3,(H3,22,23,24);1-2H2/b8-7+,20-17-;. The number of hydrogen-bond acceptors (Lipinski definition) is 7. The second kappa shape index (κ2) is 13.5. The quantitative estimate of drug-likeness (QED) is 0.0783. The fourth-order valence-electron chi connectivity index (χ4n) is 2.77. The van der Waals surface area contributed by atoms with Crippen LogP contribution in [0.4, 0.5) is 0 Å². The summed E-state index contributed by atoms with van der Waals surface area (Å²) in [7, 11) is 2.95. The topological polar surface area (TPSA) is 143 Å². The maximum Gasteiger partial charge on any atom is 0.187 e. The Hall–Kier alpha value is -3.82. The number of aliphatic hydroxyl groups is 1. The molecular weight excluding hydrogens is 412 g/mol. The molecule has 1 atom stereocenters. The maximum absolute atomic E-state index is 12.8. The molecule has 32 heavy (non-hydrogen) atoms. The molecular formula is C23H28N4O5. The number of hydrogen-bond donors (Lipinski definition) is 3. The van der Waals surface area contributed by atoms with Gasteiger partial charge in [0.1, 0.15) is 17.6 Å². The Morgan fingerprint density at radius 3 is 2.66 bits per heavy atom. The minimum atomic E-state index is -0.528. The lowest BCUT2D eigenvalue weighted by Gasteiger charge is -2.13. The van der Waals surface area contributed by atoms with Gasteiger partial charge in [-0.2, -0.15) is 0 Å². The van der Waals surface area contributed by atoms with E-state index in [1.807, 2.05) is 0 Å². The number of methoxy groups -OCH3 is 2. The van der Waals surface area contributed by atoms with E-state index < -0.39 is 12.4 Å². The zero-order valence-electron chi connectivity index (χ0n) is 18.4. The highest BCUT2D eigenvalue weighted by atomic mass is 16.5. The molecule has 1 aromatic heterocycles. The molecule has 9 heteroatoms. The van der Waals surface area contributed by atoms with Crippen LogP contribution in [-0.4, -0.2) is 37.6 Å². The summed E-state index contributed by atoms with van der Waals surface area (Å²) >= 11 is 0. The predicted octanol–water partition coefficient (Wildman–Crippen LogP) is 4.07. The van der Waals surface area contributed by atoms with Gasteiger partial charge in [0.05, 0.1) is 31.1 Å². The highest BCUT2D eigenvalue weighted by Gasteiger charge is 2.22. The van der Waals surface area contributed by atoms with Gasteiger partial charge in [-0.1, -0.05) is 29.5 Å². The Labute approximate surface area is 187 Å². The van der Waals surface area contributed by atoms with Crippen molar-refractivity contribution in [1.29, 1.82) is 5.41 Å². The van der Waals surface area contributed by atoms with Crippen LogP contribution in [0.15, 0.2) is 76.2 Å². The third kappa shape index (κ3) is 6.59. The summed E-state index contributed by atoms with van der Waals surface area (Å²) < 4.78 is 16.2. The van der Waals surface area contributed by atoms with Gasteiger partial charge in [0, 0.05) is 12.7 Å². The summed E-state index contributed by atoms with van der Waals surface area (Å²) in [5.74, 6) is 5.13. The largest absolute Gasteiger partial charge is 0.495 e. The van der Waals surface area contributed by atoms with E-state index in [2.05, 4.69) is 23.5 Å². The molecule has 0 aliphatic carbocycles. The summed E-state index contributed by atoms with van der Waals surface area (Å²) in [5, 5.41) is 24.2. The lowest BCUT2D eigenvalue weighted by Crippen LogP contribution is -2.09. The number of ketones is 1. The van der Waals surface area contributed by atoms with Crippen LogP contribution in [0.5, 0.6) is 0 Å². The summed E-state index contributed by atoms with van der Waals surface area (Å²) in [5.41, 5.74) is 1.75. The van der Waals surface area contributed by atoms with Gasteiger partial charge in [-0.25, -0.2) is 0 Å². The maximum atomic E-state index is 12.8. The number of nitrogens with zero attached hydrogens (tertiary/aromatic N) is 2. The molecule has 4 N–H and O–H groups in total. The van der Waals surface area contributed by atoms with Crippen LogP contribution in [-0.2, 0) is 14.3 Å². The molecule has 2 aromatic rings. The number of benzene rings is 1. The Kier molecular flexibility index (Phi) is 11.0. The van der Waals surface area contributed by atoms with Gasteiger partial charge >= 0.3 is 0 Å². The number of allylic oxidation sites excluding steroid dienone is 1. The Morgan fingerprint density at radius 2 is 2.06 bits per heavy atom. The summed E-state index contributed by atoms with van der Waals surface area (Å²) in [6.45, 7) is 7.27. The van der Waals surface area contributed by atoms with Gasteiger partial charge < -0.3 is 24.8 Å². The zero-order valence-corrected chi connectivity index (χ0v) is 18.4. The number of ether oxygens (including phenoxy) is 2. The van der Waals surface area contributed by atoms with Crippen molar-refractivity contribution in [2.45, 2.75) is 13.0 Å². The number of nitrogens with two attached hydrogens (primary N) is 1. The number of aliphatic hydroxyl groups excluding tert-OH is 1.